The molecule has 4 aromatic rings. The number of ether oxygens (including phenoxy) is 3. The predicted molar refractivity (Wildman–Crippen MR) is 164 cm³/mol. The van der Waals surface area contributed by atoms with Gasteiger partial charge in [-0.05, 0) is 69.9 Å². The smallest absolute Gasteiger partial charge is 0.213 e. The lowest BCUT2D eigenvalue weighted by molar-refractivity contribution is -0.165. The molecular formula is C31H36BrN3O5S. The van der Waals surface area contributed by atoms with Gasteiger partial charge in [-0.3, -0.25) is 0 Å². The Hall–Kier alpha value is -2.47. The van der Waals surface area contributed by atoms with Gasteiger partial charge < -0.3 is 23.3 Å². The lowest BCUT2D eigenvalue weighted by atomic mass is 9.94. The monoisotopic (exact) mass is 641 g/mol. The summed E-state index contributed by atoms with van der Waals surface area (Å²) in [5.74, 6) is 0.521. The predicted octanol–water partition coefficient (Wildman–Crippen LogP) is 6.91. The zero-order valence-corrected chi connectivity index (χ0v) is 26.0. The molecular weight excluding hydrogens is 606 g/mol. The Morgan fingerprint density at radius 3 is 2.76 bits per heavy atom. The molecule has 1 aliphatic heterocycles. The maximum absolute atomic E-state index is 13.3. The van der Waals surface area contributed by atoms with E-state index in [1.807, 2.05) is 81.4 Å². The van der Waals surface area contributed by atoms with Crippen LogP contribution in [0.5, 0.6) is 5.88 Å². The van der Waals surface area contributed by atoms with Crippen molar-refractivity contribution in [2.24, 2.45) is 0 Å². The molecule has 1 aliphatic rings. The van der Waals surface area contributed by atoms with Gasteiger partial charge in [0.2, 0.25) is 5.88 Å². The van der Waals surface area contributed by atoms with Crippen molar-refractivity contribution in [3.05, 3.63) is 76.4 Å². The molecule has 0 aliphatic carbocycles. The Bertz CT molecular complexity index is 1440. The summed E-state index contributed by atoms with van der Waals surface area (Å²) in [5, 5.41) is 5.33. The van der Waals surface area contributed by atoms with E-state index in [9.17, 15) is 4.55 Å². The van der Waals surface area contributed by atoms with Gasteiger partial charge in [-0.1, -0.05) is 51.4 Å². The van der Waals surface area contributed by atoms with Gasteiger partial charge in [-0.2, -0.15) is 0 Å². The summed E-state index contributed by atoms with van der Waals surface area (Å²) in [6.45, 7) is 7.42. The molecule has 3 unspecified atom stereocenters. The van der Waals surface area contributed by atoms with E-state index in [0.717, 1.165) is 58.2 Å². The molecule has 2 aromatic carbocycles. The summed E-state index contributed by atoms with van der Waals surface area (Å²) in [6.07, 6.45) is 3.47. The highest BCUT2D eigenvalue weighted by Gasteiger charge is 2.31. The first-order chi connectivity index (χ1) is 19.8. The number of pyridine rings is 1. The van der Waals surface area contributed by atoms with Crippen molar-refractivity contribution < 1.29 is 23.3 Å². The summed E-state index contributed by atoms with van der Waals surface area (Å²) < 4.78 is 40.2. The Balaban J connectivity index is 1.37. The van der Waals surface area contributed by atoms with Crippen LogP contribution in [0.2, 0.25) is 0 Å². The maximum atomic E-state index is 13.3. The van der Waals surface area contributed by atoms with Gasteiger partial charge in [-0.25, -0.2) is 4.98 Å². The van der Waals surface area contributed by atoms with E-state index in [2.05, 4.69) is 25.8 Å². The van der Waals surface area contributed by atoms with Crippen LogP contribution in [0.3, 0.4) is 0 Å². The molecule has 218 valence electrons. The number of halogens is 1. The first-order valence-electron chi connectivity index (χ1n) is 13.9. The lowest BCUT2D eigenvalue weighted by Crippen LogP contribution is -2.42. The van der Waals surface area contributed by atoms with Crippen LogP contribution in [0.4, 0.5) is 0 Å². The van der Waals surface area contributed by atoms with E-state index in [-0.39, 0.29) is 12.3 Å². The van der Waals surface area contributed by atoms with E-state index in [1.165, 1.54) is 0 Å². The Morgan fingerprint density at radius 1 is 1.10 bits per heavy atom. The number of aromatic nitrogens is 2. The van der Waals surface area contributed by atoms with Crippen molar-refractivity contribution in [3.63, 3.8) is 0 Å². The van der Waals surface area contributed by atoms with Crippen LogP contribution in [0.1, 0.15) is 57.3 Å². The third-order valence-corrected chi connectivity index (χ3v) is 8.90. The molecule has 0 bridgehead atoms. The van der Waals surface area contributed by atoms with E-state index in [4.69, 9.17) is 23.7 Å². The maximum Gasteiger partial charge on any atom is 0.213 e. The summed E-state index contributed by atoms with van der Waals surface area (Å²) in [5.41, 5.74) is 4.11. The largest absolute Gasteiger partial charge is 0.598 e. The highest BCUT2D eigenvalue weighted by molar-refractivity contribution is 9.10. The second-order valence-corrected chi connectivity index (χ2v) is 13.9. The fourth-order valence-electron chi connectivity index (χ4n) is 4.67. The lowest BCUT2D eigenvalue weighted by Gasteiger charge is -2.29. The summed E-state index contributed by atoms with van der Waals surface area (Å²) >= 11 is 2.17. The van der Waals surface area contributed by atoms with E-state index in [1.54, 1.807) is 0 Å². The molecule has 10 heteroatoms. The van der Waals surface area contributed by atoms with Gasteiger partial charge in [-0.15, -0.1) is 4.72 Å². The van der Waals surface area contributed by atoms with E-state index in [0.29, 0.717) is 31.1 Å². The van der Waals surface area contributed by atoms with Crippen LogP contribution in [-0.2, 0) is 27.3 Å². The number of hydrogen-bond donors (Lipinski definition) is 1. The number of hydrogen-bond acceptors (Lipinski definition) is 8. The average molecular weight is 643 g/mol. The SMILES string of the molecule is CC(C)(C)[S+]([O-])NC(Cc1cccc(OCCOC2CCCCO2)n1)c1ccccc1-c1noc2cc(Br)ccc12. The third kappa shape index (κ3) is 7.88. The quantitative estimate of drug-likeness (QED) is 0.139. The van der Waals surface area contributed by atoms with Crippen molar-refractivity contribution >= 4 is 38.3 Å². The molecule has 0 radical (unpaired) electrons. The Morgan fingerprint density at radius 2 is 1.95 bits per heavy atom. The van der Waals surface area contributed by atoms with Gasteiger partial charge in [0, 0.05) is 51.6 Å². The topological polar surface area (TPSA) is 102 Å². The van der Waals surface area contributed by atoms with Crippen LogP contribution < -0.4 is 9.46 Å². The van der Waals surface area contributed by atoms with Crippen LogP contribution in [0.25, 0.3) is 22.2 Å². The fourth-order valence-corrected chi connectivity index (χ4v) is 5.83. The Labute approximate surface area is 252 Å². The van der Waals surface area contributed by atoms with Crippen LogP contribution in [-0.4, -0.2) is 45.6 Å². The molecule has 1 N–H and O–H groups in total. The normalized spacial score (nSPS) is 17.4. The highest BCUT2D eigenvalue weighted by Crippen LogP contribution is 2.36. The number of fused-ring (bicyclic) bond motifs is 1. The molecule has 0 amide bonds. The fraction of sp³-hybridized carbons (Fsp3) is 0.419. The molecule has 5 rings (SSSR count). The highest BCUT2D eigenvalue weighted by atomic mass is 79.9. The van der Waals surface area contributed by atoms with Crippen LogP contribution in [0.15, 0.2) is 69.7 Å². The Kier molecular flexibility index (Phi) is 10.0. The van der Waals surface area contributed by atoms with Gasteiger partial charge in [0.05, 0.1) is 12.6 Å². The van der Waals surface area contributed by atoms with Crippen molar-refractivity contribution in [1.29, 1.82) is 0 Å². The standard InChI is InChI=1S/C31H36BrN3O5S/c1-31(2,3)41(36)35-26(20-22-9-8-12-28(33-22)37-17-18-39-29-13-6-7-16-38-29)23-10-4-5-11-24(23)30-25-15-14-21(32)19-27(25)40-34-30/h4-5,8-12,14-15,19,26,29,35H,6-7,13,16-18,20H2,1-3H3. The summed E-state index contributed by atoms with van der Waals surface area (Å²) in [4.78, 5) is 4.76. The molecule has 0 saturated carbocycles. The minimum absolute atomic E-state index is 0.148. The summed E-state index contributed by atoms with van der Waals surface area (Å²) in [7, 11) is 0. The van der Waals surface area contributed by atoms with E-state index >= 15 is 0 Å². The van der Waals surface area contributed by atoms with Crippen molar-refractivity contribution in [3.8, 4) is 17.1 Å². The molecule has 41 heavy (non-hydrogen) atoms. The van der Waals surface area contributed by atoms with Crippen molar-refractivity contribution in [1.82, 2.24) is 14.9 Å². The molecule has 8 nitrogen and oxygen atoms in total. The van der Waals surface area contributed by atoms with Gasteiger partial charge in [0.1, 0.15) is 17.0 Å². The first kappa shape index (κ1) is 30.0. The second kappa shape index (κ2) is 13.7. The van der Waals surface area contributed by atoms with Gasteiger partial charge in [0.15, 0.2) is 11.9 Å². The first-order valence-corrected chi connectivity index (χ1v) is 15.9. The van der Waals surface area contributed by atoms with Gasteiger partial charge in [0.25, 0.3) is 0 Å². The molecule has 1 fully saturated rings. The summed E-state index contributed by atoms with van der Waals surface area (Å²) in [6, 6.07) is 19.3. The molecule has 3 heterocycles. The minimum Gasteiger partial charge on any atom is -0.598 e. The third-order valence-electron chi connectivity index (χ3n) is 6.80. The molecule has 0 spiro atoms. The zero-order valence-electron chi connectivity index (χ0n) is 23.6. The van der Waals surface area contributed by atoms with Crippen molar-refractivity contribution in [2.75, 3.05) is 19.8 Å². The van der Waals surface area contributed by atoms with Crippen molar-refractivity contribution in [2.45, 2.75) is 63.5 Å². The molecule has 3 atom stereocenters. The van der Waals surface area contributed by atoms with E-state index < -0.39 is 16.1 Å². The number of rotatable bonds is 11. The van der Waals surface area contributed by atoms with Crippen LogP contribution in [0, 0.1) is 0 Å². The number of nitrogens with one attached hydrogen (secondary N) is 1. The number of nitrogens with zero attached hydrogens (tertiary/aromatic N) is 2. The zero-order chi connectivity index (χ0) is 28.8. The van der Waals surface area contributed by atoms with Crippen LogP contribution >= 0.6 is 15.9 Å². The minimum atomic E-state index is -1.33. The molecule has 2 aromatic heterocycles. The van der Waals surface area contributed by atoms with Gasteiger partial charge >= 0.3 is 0 Å². The molecule has 1 saturated heterocycles. The number of benzene rings is 2. The second-order valence-electron chi connectivity index (χ2n) is 11.0. The average Bonchev–Trinajstić information content (AvgIpc) is 3.38.